The molecule has 6 nitrogen and oxygen atoms in total. The van der Waals surface area contributed by atoms with E-state index in [0.29, 0.717) is 37.4 Å². The van der Waals surface area contributed by atoms with Crippen LogP contribution in [0.4, 0.5) is 0 Å². The Hall–Kier alpha value is -0.790. The average Bonchev–Trinajstić information content (AvgIpc) is 2.56. The molecule has 2 aliphatic carbocycles. The second kappa shape index (κ2) is 7.40. The van der Waals surface area contributed by atoms with Gasteiger partial charge in [-0.3, -0.25) is 9.59 Å². The zero-order valence-electron chi connectivity index (χ0n) is 13.5. The molecule has 2 atom stereocenters. The molecule has 6 N–H and O–H groups in total. The number of hydrogen-bond donors (Lipinski definition) is 4. The molecule has 2 amide bonds. The summed E-state index contributed by atoms with van der Waals surface area (Å²) in [7, 11) is 0. The second-order valence-electron chi connectivity index (χ2n) is 6.89. The number of nitrogens with two attached hydrogens (primary N) is 2. The molecule has 2 unspecified atom stereocenters. The molecule has 2 fully saturated rings. The van der Waals surface area contributed by atoms with Crippen molar-refractivity contribution in [3.05, 3.63) is 0 Å². The number of carbonyl (C=O) groups excluding carboxylic acids is 2. The summed E-state index contributed by atoms with van der Waals surface area (Å²) in [5.74, 6) is -2.50. The topological polar surface area (TPSA) is 127 Å². The molecule has 0 aromatic carbocycles. The van der Waals surface area contributed by atoms with E-state index in [2.05, 4.69) is 0 Å². The van der Waals surface area contributed by atoms with Gasteiger partial charge in [0.2, 0.25) is 0 Å². The van der Waals surface area contributed by atoms with Crippen LogP contribution in [-0.4, -0.2) is 31.9 Å². The number of carbonyl (C=O) groups is 2. The van der Waals surface area contributed by atoms with Crippen molar-refractivity contribution in [3.8, 4) is 0 Å². The van der Waals surface area contributed by atoms with E-state index in [1.807, 2.05) is 0 Å². The van der Waals surface area contributed by atoms with Gasteiger partial charge in [-0.05, 0) is 25.7 Å². The zero-order valence-corrected chi connectivity index (χ0v) is 14.3. The van der Waals surface area contributed by atoms with Gasteiger partial charge < -0.3 is 21.7 Å². The van der Waals surface area contributed by atoms with Gasteiger partial charge in [-0.2, -0.15) is 0 Å². The predicted octanol–water partition coefficient (Wildman–Crippen LogP) is 1.23. The molecule has 0 radical (unpaired) electrons. The first-order valence-corrected chi connectivity index (χ1v) is 9.37. The fourth-order valence-corrected chi connectivity index (χ4v) is 5.37. The molecule has 0 saturated heterocycles. The fourth-order valence-electron chi connectivity index (χ4n) is 3.89. The summed E-state index contributed by atoms with van der Waals surface area (Å²) < 4.78 is 0. The normalized spacial score (nSPS) is 26.2. The van der Waals surface area contributed by atoms with E-state index >= 15 is 0 Å². The van der Waals surface area contributed by atoms with E-state index in [9.17, 15) is 19.8 Å². The maximum atomic E-state index is 12.0. The number of aliphatic hydroxyl groups is 2. The largest absolute Gasteiger partial charge is 0.371 e. The summed E-state index contributed by atoms with van der Waals surface area (Å²) in [4.78, 5) is 20.1. The minimum atomic E-state index is -1.96. The van der Waals surface area contributed by atoms with Crippen molar-refractivity contribution in [2.75, 3.05) is 0 Å². The van der Waals surface area contributed by atoms with E-state index in [1.54, 1.807) is 0 Å². The lowest BCUT2D eigenvalue weighted by atomic mass is 9.84. The van der Waals surface area contributed by atoms with Crippen LogP contribution in [0.3, 0.4) is 0 Å². The van der Waals surface area contributed by atoms with Crippen molar-refractivity contribution in [1.82, 2.24) is 0 Å². The third kappa shape index (κ3) is 3.83. The number of hydrogen-bond acceptors (Lipinski definition) is 5. The second-order valence-corrected chi connectivity index (χ2v) is 8.34. The predicted molar refractivity (Wildman–Crippen MR) is 89.0 cm³/mol. The molecule has 2 rings (SSSR count). The van der Waals surface area contributed by atoms with Crippen LogP contribution in [0.2, 0.25) is 0 Å². The van der Waals surface area contributed by atoms with Crippen LogP contribution in [0.5, 0.6) is 0 Å². The first-order chi connectivity index (χ1) is 10.8. The van der Waals surface area contributed by atoms with E-state index in [-0.39, 0.29) is 11.8 Å². The lowest BCUT2D eigenvalue weighted by molar-refractivity contribution is -0.135. The Morgan fingerprint density at radius 1 is 0.739 bits per heavy atom. The third-order valence-corrected chi connectivity index (χ3v) is 7.03. The Labute approximate surface area is 141 Å². The average molecular weight is 344 g/mol. The highest BCUT2D eigenvalue weighted by atomic mass is 32.2. The monoisotopic (exact) mass is 344 g/mol. The van der Waals surface area contributed by atoms with Crippen LogP contribution >= 0.6 is 11.8 Å². The first-order valence-electron chi connectivity index (χ1n) is 8.55. The minimum absolute atomic E-state index is 0.354. The van der Waals surface area contributed by atoms with Crippen molar-refractivity contribution < 1.29 is 19.8 Å². The molecule has 2 aliphatic rings. The zero-order chi connectivity index (χ0) is 17.1. The van der Waals surface area contributed by atoms with Gasteiger partial charge in [0, 0.05) is 11.8 Å². The van der Waals surface area contributed by atoms with Gasteiger partial charge in [0.25, 0.3) is 11.8 Å². The standard InChI is InChI=1S/C16H28N2O4S/c17-13(19)15(21,11-7-3-1-4-8-11)23-16(22,14(18)20)12-9-5-2-6-10-12/h11-12,21-22H,1-10H2,(H2,17,19)(H2,18,20). The van der Waals surface area contributed by atoms with Crippen LogP contribution < -0.4 is 11.5 Å². The van der Waals surface area contributed by atoms with E-state index in [4.69, 9.17) is 11.5 Å². The molecule has 132 valence electrons. The number of primary amides is 2. The third-order valence-electron chi connectivity index (χ3n) is 5.33. The molecule has 23 heavy (non-hydrogen) atoms. The van der Waals surface area contributed by atoms with Crippen molar-refractivity contribution in [2.24, 2.45) is 23.3 Å². The van der Waals surface area contributed by atoms with E-state index < -0.39 is 21.7 Å². The molecule has 2 saturated carbocycles. The highest BCUT2D eigenvalue weighted by Crippen LogP contribution is 2.49. The summed E-state index contributed by atoms with van der Waals surface area (Å²) in [5.41, 5.74) is 10.9. The Morgan fingerprint density at radius 3 is 1.30 bits per heavy atom. The lowest BCUT2D eigenvalue weighted by Crippen LogP contribution is -2.56. The molecule has 0 spiro atoms. The molecule has 0 aromatic heterocycles. The maximum Gasteiger partial charge on any atom is 0.260 e. The summed E-state index contributed by atoms with van der Waals surface area (Å²) in [5, 5.41) is 21.9. The summed E-state index contributed by atoms with van der Waals surface area (Å²) >= 11 is 0.586. The first kappa shape index (κ1) is 18.5. The van der Waals surface area contributed by atoms with Crippen LogP contribution in [0, 0.1) is 11.8 Å². The molecular formula is C16H28N2O4S. The van der Waals surface area contributed by atoms with Gasteiger partial charge in [-0.15, -0.1) is 0 Å². The van der Waals surface area contributed by atoms with E-state index in [0.717, 1.165) is 38.5 Å². The number of amides is 2. The van der Waals surface area contributed by atoms with Gasteiger partial charge in [0.15, 0.2) is 9.87 Å². The highest BCUT2D eigenvalue weighted by molar-refractivity contribution is 8.03. The van der Waals surface area contributed by atoms with Gasteiger partial charge in [-0.1, -0.05) is 50.3 Å². The Balaban J connectivity index is 2.26. The van der Waals surface area contributed by atoms with Gasteiger partial charge in [-0.25, -0.2) is 0 Å². The Bertz CT molecular complexity index is 409. The maximum absolute atomic E-state index is 12.0. The van der Waals surface area contributed by atoms with Crippen LogP contribution in [0.1, 0.15) is 64.2 Å². The Morgan fingerprint density at radius 2 is 1.04 bits per heavy atom. The molecular weight excluding hydrogens is 316 g/mol. The van der Waals surface area contributed by atoms with Crippen molar-refractivity contribution in [3.63, 3.8) is 0 Å². The molecule has 0 heterocycles. The Kier molecular flexibility index (Phi) is 5.97. The quantitative estimate of drug-likeness (QED) is 0.539. The van der Waals surface area contributed by atoms with Gasteiger partial charge in [0.1, 0.15) is 0 Å². The van der Waals surface area contributed by atoms with Crippen molar-refractivity contribution in [2.45, 2.75) is 74.1 Å². The van der Waals surface area contributed by atoms with Crippen LogP contribution in [0.25, 0.3) is 0 Å². The number of thioether (sulfide) groups is 1. The number of rotatable bonds is 6. The highest BCUT2D eigenvalue weighted by Gasteiger charge is 2.54. The molecule has 0 bridgehead atoms. The van der Waals surface area contributed by atoms with Gasteiger partial charge in [0.05, 0.1) is 0 Å². The minimum Gasteiger partial charge on any atom is -0.371 e. The summed E-state index contributed by atoms with van der Waals surface area (Å²) in [6.07, 6.45) is 8.35. The van der Waals surface area contributed by atoms with Gasteiger partial charge >= 0.3 is 0 Å². The van der Waals surface area contributed by atoms with Crippen LogP contribution in [0.15, 0.2) is 0 Å². The van der Waals surface area contributed by atoms with E-state index in [1.165, 1.54) is 0 Å². The summed E-state index contributed by atoms with van der Waals surface area (Å²) in [6, 6.07) is 0. The smallest absolute Gasteiger partial charge is 0.260 e. The fraction of sp³-hybridized carbons (Fsp3) is 0.875. The van der Waals surface area contributed by atoms with Crippen LogP contribution in [-0.2, 0) is 9.59 Å². The lowest BCUT2D eigenvalue weighted by Gasteiger charge is -2.43. The van der Waals surface area contributed by atoms with Crippen molar-refractivity contribution >= 4 is 23.6 Å². The SMILES string of the molecule is NC(=O)C(O)(SC(O)(C(N)=O)C1CCCCC1)C1CCCCC1. The van der Waals surface area contributed by atoms with Crippen molar-refractivity contribution in [1.29, 1.82) is 0 Å². The molecule has 0 aliphatic heterocycles. The molecule has 7 heteroatoms. The molecule has 0 aromatic rings. The summed E-state index contributed by atoms with van der Waals surface area (Å²) in [6.45, 7) is 0.